The van der Waals surface area contributed by atoms with Gasteiger partial charge in [-0.1, -0.05) is 48.5 Å². The van der Waals surface area contributed by atoms with Gasteiger partial charge < -0.3 is 10.6 Å². The van der Waals surface area contributed by atoms with Crippen molar-refractivity contribution in [3.63, 3.8) is 0 Å². The van der Waals surface area contributed by atoms with Gasteiger partial charge in [0.2, 0.25) is 5.91 Å². The van der Waals surface area contributed by atoms with E-state index in [1.807, 2.05) is 55.5 Å². The number of para-hydroxylation sites is 1. The number of fused-ring (bicyclic) bond motifs is 1. The first-order valence-corrected chi connectivity index (χ1v) is 9.72. The summed E-state index contributed by atoms with van der Waals surface area (Å²) < 4.78 is 0.823. The normalized spacial score (nSPS) is 24.2. The van der Waals surface area contributed by atoms with Crippen molar-refractivity contribution in [2.75, 3.05) is 0 Å². The highest BCUT2D eigenvalue weighted by molar-refractivity contribution is 5.84. The summed E-state index contributed by atoms with van der Waals surface area (Å²) >= 11 is 0. The summed E-state index contributed by atoms with van der Waals surface area (Å²) in [4.78, 5) is 37.8. The molecule has 4 rings (SSSR count). The molecule has 1 saturated heterocycles. The number of carbonyl (C=O) groups excluding carboxylic acids is 2. The van der Waals surface area contributed by atoms with E-state index < -0.39 is 6.04 Å². The highest BCUT2D eigenvalue weighted by atomic mass is 16.3. The molecule has 3 unspecified atom stereocenters. The minimum Gasteiger partial charge on any atom is -0.349 e. The van der Waals surface area contributed by atoms with Crippen LogP contribution in [0, 0.1) is 11.8 Å². The van der Waals surface area contributed by atoms with E-state index in [0.717, 1.165) is 27.9 Å². The topological polar surface area (TPSA) is 78.3 Å². The van der Waals surface area contributed by atoms with Crippen molar-refractivity contribution in [2.24, 2.45) is 0 Å². The fourth-order valence-electron chi connectivity index (χ4n) is 4.22. The summed E-state index contributed by atoms with van der Waals surface area (Å²) in [5.74, 6) is -0.386. The Hall–Kier alpha value is -3.02. The van der Waals surface area contributed by atoms with E-state index in [-0.39, 0.29) is 30.3 Å². The van der Waals surface area contributed by atoms with Gasteiger partial charge in [-0.05, 0) is 25.3 Å². The maximum absolute atomic E-state index is 12.8. The van der Waals surface area contributed by atoms with Crippen LogP contribution in [0.25, 0.3) is 0 Å². The molecule has 0 bridgehead atoms. The van der Waals surface area contributed by atoms with Crippen molar-refractivity contribution in [2.45, 2.75) is 50.7 Å². The first-order valence-electron chi connectivity index (χ1n) is 9.72. The van der Waals surface area contributed by atoms with Crippen molar-refractivity contribution < 1.29 is 14.3 Å². The average Bonchev–Trinajstić information content (AvgIpc) is 2.92. The van der Waals surface area contributed by atoms with E-state index in [1.54, 1.807) is 0 Å². The molecule has 2 amide bonds. The van der Waals surface area contributed by atoms with Crippen LogP contribution in [0.1, 0.15) is 42.0 Å². The molecule has 0 radical (unpaired) electrons. The summed E-state index contributed by atoms with van der Waals surface area (Å²) in [5.41, 5.74) is 3.45. The maximum Gasteiger partial charge on any atom is 0.294 e. The smallest absolute Gasteiger partial charge is 0.294 e. The fourth-order valence-corrected chi connectivity index (χ4v) is 4.22. The molecule has 0 saturated carbocycles. The predicted octanol–water partition coefficient (Wildman–Crippen LogP) is 2.86. The van der Waals surface area contributed by atoms with Gasteiger partial charge in [0.25, 0.3) is 17.6 Å². The van der Waals surface area contributed by atoms with E-state index in [1.165, 1.54) is 0 Å². The minimum absolute atomic E-state index is 0.0509. The third-order valence-corrected chi connectivity index (χ3v) is 5.66. The number of nitroso groups, excluding NO2 is 1. The van der Waals surface area contributed by atoms with E-state index in [4.69, 9.17) is 0 Å². The van der Waals surface area contributed by atoms with Crippen LogP contribution in [0.15, 0.2) is 48.5 Å². The molecule has 2 N–H and O–H groups in total. The van der Waals surface area contributed by atoms with Crippen LogP contribution >= 0.6 is 0 Å². The molecule has 0 spiro atoms. The van der Waals surface area contributed by atoms with Crippen LogP contribution < -0.4 is 10.6 Å². The Balaban J connectivity index is 1.42. The molecule has 0 aromatic heterocycles. The molecule has 3 atom stereocenters. The molecule has 2 aliphatic rings. The van der Waals surface area contributed by atoms with Gasteiger partial charge in [0, 0.05) is 28.5 Å². The molecule has 2 aliphatic heterocycles. The minimum atomic E-state index is -0.771. The molecule has 1 fully saturated rings. The second kappa shape index (κ2) is 7.54. The van der Waals surface area contributed by atoms with Crippen LogP contribution in [-0.2, 0) is 16.0 Å². The fraction of sp³-hybridized carbons (Fsp3) is 0.364. The summed E-state index contributed by atoms with van der Waals surface area (Å²) in [6.07, 6.45) is 2.05. The summed E-state index contributed by atoms with van der Waals surface area (Å²) in [5, 5.41) is 5.98. The first-order chi connectivity index (χ1) is 13.5. The van der Waals surface area contributed by atoms with Gasteiger partial charge in [-0.15, -0.1) is 0 Å². The van der Waals surface area contributed by atoms with E-state index in [0.29, 0.717) is 18.5 Å². The van der Waals surface area contributed by atoms with Crippen LogP contribution in [-0.4, -0.2) is 28.7 Å². The number of aryl methyl sites for hydroxylation is 1. The van der Waals surface area contributed by atoms with Gasteiger partial charge in [0.05, 0.1) is 17.2 Å². The molecule has 6 heteroatoms. The molecule has 28 heavy (non-hydrogen) atoms. The number of benzene rings is 2. The van der Waals surface area contributed by atoms with Crippen molar-refractivity contribution in [1.29, 1.82) is 0 Å². The quantitative estimate of drug-likeness (QED) is 0.806. The largest absolute Gasteiger partial charge is 0.349 e. The number of rotatable bonds is 3. The zero-order chi connectivity index (χ0) is 19.7. The van der Waals surface area contributed by atoms with E-state index in [2.05, 4.69) is 10.6 Å². The van der Waals surface area contributed by atoms with Crippen LogP contribution in [0.5, 0.6) is 0 Å². The maximum atomic E-state index is 12.8. The zero-order valence-electron chi connectivity index (χ0n) is 15.9. The van der Waals surface area contributed by atoms with Crippen molar-refractivity contribution >= 4 is 17.5 Å². The van der Waals surface area contributed by atoms with E-state index >= 15 is 0 Å². The van der Waals surface area contributed by atoms with Crippen LogP contribution in [0.4, 0.5) is 5.69 Å². The molecule has 6 nitrogen and oxygen atoms in total. The number of carbonyl (C=O) groups is 2. The molecule has 144 valence electrons. The molecular weight excluding hydrogens is 354 g/mol. The standard InChI is InChI=1S/C22H23N3O3/c1-14-6-5-9-16-12-19(25(28)21(14)16)22(27)23-17-10-11-18(24-20(26)13-17)15-7-3-2-4-8-15/h2-9,17-19H,10-13H2,1H3,(H-,23,24,26,27)/p+1. The van der Waals surface area contributed by atoms with Gasteiger partial charge >= 0.3 is 0 Å². The van der Waals surface area contributed by atoms with Crippen molar-refractivity contribution in [3.05, 3.63) is 70.1 Å². The average molecular weight is 378 g/mol. The number of nitrogens with zero attached hydrogens (tertiary/aromatic N) is 1. The Morgan fingerprint density at radius 1 is 1.07 bits per heavy atom. The highest BCUT2D eigenvalue weighted by Gasteiger charge is 2.45. The Morgan fingerprint density at radius 2 is 1.86 bits per heavy atom. The Kier molecular flexibility index (Phi) is 4.94. The van der Waals surface area contributed by atoms with Gasteiger partial charge in [0.1, 0.15) is 0 Å². The molecular formula is C22H24N3O3+. The lowest BCUT2D eigenvalue weighted by molar-refractivity contribution is -0.481. The van der Waals surface area contributed by atoms with Gasteiger partial charge in [-0.3, -0.25) is 9.59 Å². The van der Waals surface area contributed by atoms with Crippen LogP contribution in [0.2, 0.25) is 0 Å². The number of hydrogen-bond donors (Lipinski definition) is 2. The SMILES string of the molecule is Cc1cccc2c1[N+](=O)C(C(=O)NC1CCC(c3ccccc3)NC(=O)C1)C2. The monoisotopic (exact) mass is 378 g/mol. The van der Waals surface area contributed by atoms with Gasteiger partial charge in [-0.25, -0.2) is 0 Å². The third kappa shape index (κ3) is 3.54. The summed E-state index contributed by atoms with van der Waals surface area (Å²) in [6.45, 7) is 1.88. The lowest BCUT2D eigenvalue weighted by Crippen LogP contribution is -2.45. The number of nitrogens with one attached hydrogen (secondary N) is 2. The molecule has 2 aromatic rings. The second-order valence-corrected chi connectivity index (χ2v) is 7.65. The third-order valence-electron chi connectivity index (χ3n) is 5.66. The second-order valence-electron chi connectivity index (χ2n) is 7.65. The molecule has 2 heterocycles. The lowest BCUT2D eigenvalue weighted by atomic mass is 10.0. The van der Waals surface area contributed by atoms with Crippen LogP contribution in [0.3, 0.4) is 0 Å². The van der Waals surface area contributed by atoms with Gasteiger partial charge in [0.15, 0.2) is 0 Å². The zero-order valence-corrected chi connectivity index (χ0v) is 15.9. The summed E-state index contributed by atoms with van der Waals surface area (Å²) in [6, 6.07) is 14.4. The molecule has 2 aromatic carbocycles. The van der Waals surface area contributed by atoms with Gasteiger partial charge in [-0.2, -0.15) is 0 Å². The Labute approximate surface area is 163 Å². The Morgan fingerprint density at radius 3 is 2.61 bits per heavy atom. The number of hydrogen-bond acceptors (Lipinski definition) is 3. The molecule has 0 aliphatic carbocycles. The predicted molar refractivity (Wildman–Crippen MR) is 105 cm³/mol. The first kappa shape index (κ1) is 18.3. The Bertz CT molecular complexity index is 926. The summed E-state index contributed by atoms with van der Waals surface area (Å²) in [7, 11) is 0. The van der Waals surface area contributed by atoms with E-state index in [9.17, 15) is 14.5 Å². The van der Waals surface area contributed by atoms with Crippen molar-refractivity contribution in [3.8, 4) is 0 Å². The number of amides is 2. The highest BCUT2D eigenvalue weighted by Crippen LogP contribution is 2.33. The van der Waals surface area contributed by atoms with Crippen molar-refractivity contribution in [1.82, 2.24) is 10.6 Å². The lowest BCUT2D eigenvalue weighted by Gasteiger charge is -2.16.